The maximum Gasteiger partial charge on any atom is 0.335 e. The third kappa shape index (κ3) is 3.60. The number of carbonyl (C=O) groups is 1. The van der Waals surface area contributed by atoms with Crippen molar-refractivity contribution in [2.24, 2.45) is 0 Å². The molecule has 1 aliphatic rings. The third-order valence-electron chi connectivity index (χ3n) is 5.02. The van der Waals surface area contributed by atoms with E-state index in [4.69, 9.17) is 16.3 Å². The summed E-state index contributed by atoms with van der Waals surface area (Å²) >= 11 is 6.29. The molecule has 0 radical (unpaired) electrons. The maximum atomic E-state index is 11.5. The Morgan fingerprint density at radius 3 is 2.37 bits per heavy atom. The van der Waals surface area contributed by atoms with Gasteiger partial charge in [0.05, 0.1) is 10.5 Å². The fourth-order valence-electron chi connectivity index (χ4n) is 3.51. The average molecular weight is 431 g/mol. The van der Waals surface area contributed by atoms with E-state index in [0.717, 1.165) is 5.39 Å². The first kappa shape index (κ1) is 20.5. The minimum Gasteiger partial charge on any atom is -0.479 e. The van der Waals surface area contributed by atoms with Crippen LogP contribution in [0.5, 0.6) is 0 Å². The number of anilines is 2. The summed E-state index contributed by atoms with van der Waals surface area (Å²) in [7, 11) is 0. The molecule has 0 bridgehead atoms. The van der Waals surface area contributed by atoms with E-state index in [-0.39, 0.29) is 0 Å². The Morgan fingerprint density at radius 2 is 1.67 bits per heavy atom. The highest BCUT2D eigenvalue weighted by atomic mass is 35.5. The number of carboxylic acids is 1. The van der Waals surface area contributed by atoms with Gasteiger partial charge >= 0.3 is 5.97 Å². The van der Waals surface area contributed by atoms with Gasteiger partial charge in [-0.2, -0.15) is 0 Å². The van der Waals surface area contributed by atoms with Crippen LogP contribution >= 0.6 is 11.6 Å². The van der Waals surface area contributed by atoms with Gasteiger partial charge in [0.2, 0.25) is 0 Å². The molecule has 3 aromatic rings. The molecule has 1 fully saturated rings. The van der Waals surface area contributed by atoms with E-state index in [0.29, 0.717) is 22.0 Å². The van der Waals surface area contributed by atoms with Crippen LogP contribution in [-0.4, -0.2) is 62.0 Å². The minimum absolute atomic E-state index is 0.318. The number of aromatic nitrogens is 1. The van der Waals surface area contributed by atoms with Gasteiger partial charge in [0.15, 0.2) is 12.3 Å². The Morgan fingerprint density at radius 1 is 0.933 bits per heavy atom. The van der Waals surface area contributed by atoms with Crippen LogP contribution in [0, 0.1) is 0 Å². The summed E-state index contributed by atoms with van der Waals surface area (Å²) in [6, 6.07) is 17.6. The molecular formula is C21H19ClN2O6. The largest absolute Gasteiger partial charge is 0.479 e. The normalized spacial score (nSPS) is 26.5. The lowest BCUT2D eigenvalue weighted by Gasteiger charge is -2.44. The molecule has 0 saturated carbocycles. The van der Waals surface area contributed by atoms with Gasteiger partial charge in [0.25, 0.3) is 0 Å². The van der Waals surface area contributed by atoms with Gasteiger partial charge in [0, 0.05) is 11.1 Å². The highest BCUT2D eigenvalue weighted by Crippen LogP contribution is 2.34. The molecule has 0 amide bonds. The summed E-state index contributed by atoms with van der Waals surface area (Å²) in [6.07, 6.45) is -8.20. The van der Waals surface area contributed by atoms with Crippen LogP contribution in [0.1, 0.15) is 0 Å². The number of aliphatic hydroxyl groups excluding tert-OH is 3. The minimum atomic E-state index is -1.79. The molecule has 1 aromatic heterocycles. The summed E-state index contributed by atoms with van der Waals surface area (Å²) in [5.74, 6) is -1.14. The van der Waals surface area contributed by atoms with E-state index in [1.54, 1.807) is 54.6 Å². The van der Waals surface area contributed by atoms with Gasteiger partial charge in [-0.25, -0.2) is 9.78 Å². The van der Waals surface area contributed by atoms with Crippen LogP contribution in [-0.2, 0) is 9.53 Å². The average Bonchev–Trinajstić information content (AvgIpc) is 2.75. The van der Waals surface area contributed by atoms with Crippen LogP contribution in [0.15, 0.2) is 60.7 Å². The lowest BCUT2D eigenvalue weighted by Crippen LogP contribution is -2.63. The first-order valence-electron chi connectivity index (χ1n) is 9.20. The number of hydrogen-bond donors (Lipinski definition) is 4. The molecule has 9 heteroatoms. The van der Waals surface area contributed by atoms with E-state index < -0.39 is 36.6 Å². The van der Waals surface area contributed by atoms with E-state index >= 15 is 0 Å². The van der Waals surface area contributed by atoms with Crippen molar-refractivity contribution in [3.8, 4) is 0 Å². The number of ether oxygens (including phenoxy) is 1. The number of carboxylic acid groups (broad SMARTS) is 1. The molecule has 1 aliphatic heterocycles. The summed E-state index contributed by atoms with van der Waals surface area (Å²) in [4.78, 5) is 17.6. The Bertz CT molecular complexity index is 1070. The summed E-state index contributed by atoms with van der Waals surface area (Å²) in [5.41, 5.74) is 1.05. The van der Waals surface area contributed by atoms with E-state index in [9.17, 15) is 25.2 Å². The standard InChI is InChI=1S/C21H19ClN2O6/c22-13-8-4-5-11-9-10-14(23-15(11)13)24(12-6-2-1-3-7-12)20-18(27)16(25)17(26)19(30-20)21(28)29/h1-10,16-20,25-27H,(H,28,29)/t16-,17-,18+,19-,20+/m0/s1. The van der Waals surface area contributed by atoms with Gasteiger partial charge in [-0.3, -0.25) is 4.90 Å². The number of benzene rings is 2. The van der Waals surface area contributed by atoms with Crippen molar-refractivity contribution in [3.05, 3.63) is 65.7 Å². The first-order valence-corrected chi connectivity index (χ1v) is 9.58. The summed E-state index contributed by atoms with van der Waals surface area (Å²) < 4.78 is 5.55. The summed E-state index contributed by atoms with van der Waals surface area (Å²) in [6.45, 7) is 0. The number of aliphatic hydroxyl groups is 3. The number of halogens is 1. The topological polar surface area (TPSA) is 123 Å². The monoisotopic (exact) mass is 430 g/mol. The van der Waals surface area contributed by atoms with Crippen molar-refractivity contribution in [1.82, 2.24) is 4.98 Å². The van der Waals surface area contributed by atoms with Crippen molar-refractivity contribution >= 4 is 40.0 Å². The predicted molar refractivity (Wildman–Crippen MR) is 110 cm³/mol. The molecule has 1 saturated heterocycles. The third-order valence-corrected chi connectivity index (χ3v) is 5.33. The van der Waals surface area contributed by atoms with Gasteiger partial charge in [-0.1, -0.05) is 41.9 Å². The number of aliphatic carboxylic acids is 1. The molecule has 0 unspecified atom stereocenters. The van der Waals surface area contributed by atoms with Gasteiger partial charge in [-0.15, -0.1) is 0 Å². The molecular weight excluding hydrogens is 412 g/mol. The van der Waals surface area contributed by atoms with Crippen LogP contribution in [0.4, 0.5) is 11.5 Å². The molecule has 156 valence electrons. The Balaban J connectivity index is 1.85. The second kappa shape index (κ2) is 8.17. The molecule has 2 heterocycles. The highest BCUT2D eigenvalue weighted by molar-refractivity contribution is 6.35. The Kier molecular flexibility index (Phi) is 5.59. The predicted octanol–water partition coefficient (Wildman–Crippen LogP) is 1.92. The molecule has 2 aromatic carbocycles. The van der Waals surface area contributed by atoms with Crippen LogP contribution in [0.3, 0.4) is 0 Å². The molecule has 8 nitrogen and oxygen atoms in total. The van der Waals surface area contributed by atoms with E-state index in [1.807, 2.05) is 6.07 Å². The van der Waals surface area contributed by atoms with Gasteiger partial charge in [-0.05, 0) is 30.3 Å². The lowest BCUT2D eigenvalue weighted by atomic mass is 9.97. The zero-order valence-corrected chi connectivity index (χ0v) is 16.3. The first-order chi connectivity index (χ1) is 14.4. The Hall–Kier alpha value is -2.75. The fourth-order valence-corrected chi connectivity index (χ4v) is 3.74. The van der Waals surface area contributed by atoms with E-state index in [2.05, 4.69) is 4.98 Å². The van der Waals surface area contributed by atoms with Crippen LogP contribution < -0.4 is 4.90 Å². The fraction of sp³-hybridized carbons (Fsp3) is 0.238. The molecule has 0 spiro atoms. The van der Waals surface area contributed by atoms with Crippen LogP contribution in [0.25, 0.3) is 10.9 Å². The quantitative estimate of drug-likeness (QED) is 0.495. The smallest absolute Gasteiger partial charge is 0.335 e. The number of para-hydroxylation sites is 2. The zero-order chi connectivity index (χ0) is 21.4. The van der Waals surface area contributed by atoms with Crippen molar-refractivity contribution in [3.63, 3.8) is 0 Å². The number of fused-ring (bicyclic) bond motifs is 1. The highest BCUT2D eigenvalue weighted by Gasteiger charge is 2.49. The molecule has 4 N–H and O–H groups in total. The summed E-state index contributed by atoms with van der Waals surface area (Å²) in [5, 5.41) is 41.6. The van der Waals surface area contributed by atoms with Gasteiger partial charge in [0.1, 0.15) is 24.1 Å². The van der Waals surface area contributed by atoms with Crippen molar-refractivity contribution in [1.29, 1.82) is 0 Å². The molecule has 5 atom stereocenters. The zero-order valence-electron chi connectivity index (χ0n) is 15.5. The van der Waals surface area contributed by atoms with E-state index in [1.165, 1.54) is 4.90 Å². The van der Waals surface area contributed by atoms with Crippen molar-refractivity contribution < 1.29 is 30.0 Å². The number of pyridine rings is 1. The molecule has 0 aliphatic carbocycles. The second-order valence-electron chi connectivity index (χ2n) is 6.94. The maximum absolute atomic E-state index is 11.5. The number of nitrogens with zero attached hydrogens (tertiary/aromatic N) is 2. The molecule has 4 rings (SSSR count). The lowest BCUT2D eigenvalue weighted by molar-refractivity contribution is -0.225. The molecule has 30 heavy (non-hydrogen) atoms. The second-order valence-corrected chi connectivity index (χ2v) is 7.35. The number of rotatable bonds is 4. The van der Waals surface area contributed by atoms with Gasteiger partial charge < -0.3 is 25.2 Å². The number of hydrogen-bond acceptors (Lipinski definition) is 7. The SMILES string of the molecule is O=C(O)[C@H]1O[C@@H](N(c2ccccc2)c2ccc3cccc(Cl)c3n2)[C@H](O)[C@@H](O)[C@@H]1O. The van der Waals surface area contributed by atoms with Crippen LogP contribution in [0.2, 0.25) is 5.02 Å². The Labute approximate surface area is 176 Å². The van der Waals surface area contributed by atoms with Crippen molar-refractivity contribution in [2.75, 3.05) is 4.90 Å². The van der Waals surface area contributed by atoms with Crippen molar-refractivity contribution in [2.45, 2.75) is 30.6 Å².